The second-order valence-corrected chi connectivity index (χ2v) is 5.16. The van der Waals surface area contributed by atoms with Crippen LogP contribution >= 0.6 is 0 Å². The van der Waals surface area contributed by atoms with Gasteiger partial charge in [0.1, 0.15) is 0 Å². The molecule has 0 aromatic carbocycles. The van der Waals surface area contributed by atoms with Crippen LogP contribution in [0.1, 0.15) is 26.7 Å². The fourth-order valence-corrected chi connectivity index (χ4v) is 3.76. The third-order valence-corrected chi connectivity index (χ3v) is 4.65. The molecule has 3 rings (SSSR count). The Bertz CT molecular complexity index is 263. The summed E-state index contributed by atoms with van der Waals surface area (Å²) < 4.78 is 0. The smallest absolute Gasteiger partial charge is 0.223 e. The van der Waals surface area contributed by atoms with Gasteiger partial charge >= 0.3 is 0 Å². The van der Waals surface area contributed by atoms with Crippen LogP contribution in [0.3, 0.4) is 0 Å². The molecule has 1 amide bonds. The molecular formula is C10H15NO. The number of amides is 1. The molecule has 0 spiro atoms. The van der Waals surface area contributed by atoms with Crippen molar-refractivity contribution in [3.05, 3.63) is 0 Å². The molecule has 3 fully saturated rings. The number of fused-ring (bicyclic) bond motifs is 1. The van der Waals surface area contributed by atoms with E-state index in [0.29, 0.717) is 35.1 Å². The van der Waals surface area contributed by atoms with Gasteiger partial charge in [-0.05, 0) is 30.1 Å². The predicted molar refractivity (Wildman–Crippen MR) is 45.4 cm³/mol. The van der Waals surface area contributed by atoms with Crippen LogP contribution in [0.15, 0.2) is 0 Å². The van der Waals surface area contributed by atoms with Crippen molar-refractivity contribution in [1.82, 2.24) is 5.32 Å². The number of hydrogen-bond donors (Lipinski definition) is 1. The van der Waals surface area contributed by atoms with E-state index in [9.17, 15) is 4.79 Å². The third-order valence-electron chi connectivity index (χ3n) is 4.65. The van der Waals surface area contributed by atoms with Crippen LogP contribution in [0.4, 0.5) is 0 Å². The van der Waals surface area contributed by atoms with E-state index in [-0.39, 0.29) is 0 Å². The number of hydrogen-bond acceptors (Lipinski definition) is 1. The highest BCUT2D eigenvalue weighted by Crippen LogP contribution is 2.62. The van der Waals surface area contributed by atoms with Crippen molar-refractivity contribution >= 4 is 5.91 Å². The molecule has 2 aliphatic carbocycles. The van der Waals surface area contributed by atoms with Crippen molar-refractivity contribution in [2.24, 2.45) is 23.2 Å². The van der Waals surface area contributed by atoms with E-state index in [2.05, 4.69) is 19.2 Å². The molecule has 1 heterocycles. The average molecular weight is 165 g/mol. The number of nitrogens with one attached hydrogen (secondary N) is 1. The largest absolute Gasteiger partial charge is 0.353 e. The van der Waals surface area contributed by atoms with Gasteiger partial charge in [0.2, 0.25) is 5.91 Å². The Balaban J connectivity index is 2.08. The molecule has 2 heteroatoms. The zero-order valence-corrected chi connectivity index (χ0v) is 7.63. The van der Waals surface area contributed by atoms with Gasteiger partial charge in [0.25, 0.3) is 0 Å². The molecule has 0 aromatic rings. The minimum absolute atomic E-state index is 0.332. The Kier molecular flexibility index (Phi) is 0.984. The van der Waals surface area contributed by atoms with Gasteiger partial charge in [0.05, 0.1) is 0 Å². The zero-order valence-electron chi connectivity index (χ0n) is 7.63. The molecule has 66 valence electrons. The number of carbonyl (C=O) groups is 1. The normalized spacial score (nSPS) is 61.0. The monoisotopic (exact) mass is 165 g/mol. The Labute approximate surface area is 72.7 Å². The molecule has 1 N–H and O–H groups in total. The molecule has 1 aliphatic heterocycles. The maximum atomic E-state index is 11.5. The van der Waals surface area contributed by atoms with E-state index < -0.39 is 0 Å². The maximum absolute atomic E-state index is 11.5. The quantitative estimate of drug-likeness (QED) is 0.573. The lowest BCUT2D eigenvalue weighted by Crippen LogP contribution is -2.35. The van der Waals surface area contributed by atoms with Crippen molar-refractivity contribution in [3.8, 4) is 0 Å². The molecule has 3 aliphatic rings. The van der Waals surface area contributed by atoms with Crippen molar-refractivity contribution in [1.29, 1.82) is 0 Å². The first-order valence-electron chi connectivity index (χ1n) is 4.92. The molecular weight excluding hydrogens is 150 g/mol. The Morgan fingerprint density at radius 3 is 2.83 bits per heavy atom. The molecule has 2 nitrogen and oxygen atoms in total. The molecule has 0 aromatic heterocycles. The molecule has 1 saturated heterocycles. The van der Waals surface area contributed by atoms with Crippen LogP contribution in [0.5, 0.6) is 0 Å². The summed E-state index contributed by atoms with van der Waals surface area (Å²) in [6.45, 7) is 4.65. The summed E-state index contributed by atoms with van der Waals surface area (Å²) in [6.07, 6.45) is 2.42. The first-order valence-corrected chi connectivity index (χ1v) is 4.92. The average Bonchev–Trinajstić information content (AvgIpc) is 2.52. The standard InChI is InChI=1S/C10H15NO/c1-5-8-6-3-10(5,2)4-7(6)9(12)11-8/h5-8H,3-4H2,1-2H3,(H,11,12). The first kappa shape index (κ1) is 6.93. The van der Waals surface area contributed by atoms with Crippen LogP contribution in [0.2, 0.25) is 0 Å². The summed E-state index contributed by atoms with van der Waals surface area (Å²) in [5.74, 6) is 2.08. The Morgan fingerprint density at radius 1 is 1.50 bits per heavy atom. The van der Waals surface area contributed by atoms with Gasteiger partial charge in [0.15, 0.2) is 0 Å². The maximum Gasteiger partial charge on any atom is 0.223 e. The highest BCUT2D eigenvalue weighted by molar-refractivity contribution is 5.83. The Hall–Kier alpha value is -0.530. The minimum Gasteiger partial charge on any atom is -0.353 e. The highest BCUT2D eigenvalue weighted by Gasteiger charge is 2.63. The van der Waals surface area contributed by atoms with E-state index in [1.807, 2.05) is 0 Å². The fraction of sp³-hybridized carbons (Fsp3) is 0.900. The minimum atomic E-state index is 0.332. The van der Waals surface area contributed by atoms with Crippen LogP contribution in [-0.2, 0) is 4.79 Å². The second kappa shape index (κ2) is 1.70. The number of rotatable bonds is 0. The van der Waals surface area contributed by atoms with Crippen LogP contribution < -0.4 is 5.32 Å². The van der Waals surface area contributed by atoms with Gasteiger partial charge in [-0.25, -0.2) is 0 Å². The zero-order chi connectivity index (χ0) is 8.51. The molecule has 2 saturated carbocycles. The van der Waals surface area contributed by atoms with Crippen LogP contribution in [0, 0.1) is 23.2 Å². The molecule has 2 bridgehead atoms. The highest BCUT2D eigenvalue weighted by atomic mass is 16.2. The lowest BCUT2D eigenvalue weighted by Gasteiger charge is -2.31. The molecule has 5 atom stereocenters. The van der Waals surface area contributed by atoms with E-state index in [0.717, 1.165) is 6.42 Å². The SMILES string of the molecule is CC1C2NC(=O)C3CC1(C)CC32. The summed E-state index contributed by atoms with van der Waals surface area (Å²) >= 11 is 0. The summed E-state index contributed by atoms with van der Waals surface area (Å²) in [4.78, 5) is 11.5. The lowest BCUT2D eigenvalue weighted by molar-refractivity contribution is -0.122. The van der Waals surface area contributed by atoms with Gasteiger partial charge in [-0.1, -0.05) is 13.8 Å². The summed E-state index contributed by atoms with van der Waals surface area (Å²) in [7, 11) is 0. The summed E-state index contributed by atoms with van der Waals surface area (Å²) in [5, 5.41) is 3.14. The molecule has 12 heavy (non-hydrogen) atoms. The number of carbonyl (C=O) groups excluding carboxylic acids is 1. The van der Waals surface area contributed by atoms with E-state index in [4.69, 9.17) is 0 Å². The summed E-state index contributed by atoms with van der Waals surface area (Å²) in [5.41, 5.74) is 0.471. The van der Waals surface area contributed by atoms with Gasteiger partial charge in [0, 0.05) is 12.0 Å². The predicted octanol–water partition coefficient (Wildman–Crippen LogP) is 1.17. The van der Waals surface area contributed by atoms with Gasteiger partial charge < -0.3 is 5.32 Å². The molecule has 5 unspecified atom stereocenters. The van der Waals surface area contributed by atoms with E-state index >= 15 is 0 Å². The Morgan fingerprint density at radius 2 is 2.25 bits per heavy atom. The van der Waals surface area contributed by atoms with Crippen molar-refractivity contribution in [2.45, 2.75) is 32.7 Å². The first-order chi connectivity index (χ1) is 5.62. The second-order valence-electron chi connectivity index (χ2n) is 5.16. The van der Waals surface area contributed by atoms with Crippen LogP contribution in [-0.4, -0.2) is 11.9 Å². The third kappa shape index (κ3) is 0.540. The fourth-order valence-electron chi connectivity index (χ4n) is 3.76. The van der Waals surface area contributed by atoms with Crippen molar-refractivity contribution in [2.75, 3.05) is 0 Å². The summed E-state index contributed by atoms with van der Waals surface area (Å²) in [6, 6.07) is 0.515. The van der Waals surface area contributed by atoms with Crippen molar-refractivity contribution < 1.29 is 4.79 Å². The van der Waals surface area contributed by atoms with Gasteiger partial charge in [-0.15, -0.1) is 0 Å². The van der Waals surface area contributed by atoms with Crippen molar-refractivity contribution in [3.63, 3.8) is 0 Å². The lowest BCUT2D eigenvalue weighted by atomic mass is 9.74. The molecule has 0 radical (unpaired) electrons. The van der Waals surface area contributed by atoms with Gasteiger partial charge in [-0.3, -0.25) is 4.79 Å². The topological polar surface area (TPSA) is 29.1 Å². The van der Waals surface area contributed by atoms with Crippen LogP contribution in [0.25, 0.3) is 0 Å². The van der Waals surface area contributed by atoms with Gasteiger partial charge in [-0.2, -0.15) is 0 Å². The van der Waals surface area contributed by atoms with E-state index in [1.165, 1.54) is 6.42 Å². The van der Waals surface area contributed by atoms with E-state index in [1.54, 1.807) is 0 Å².